The van der Waals surface area contributed by atoms with Gasteiger partial charge >= 0.3 is 0 Å². The van der Waals surface area contributed by atoms with Crippen LogP contribution in [0.5, 0.6) is 0 Å². The third-order valence-electron chi connectivity index (χ3n) is 29.3. The molecule has 0 aliphatic carbocycles. The van der Waals surface area contributed by atoms with Gasteiger partial charge in [-0.15, -0.1) is 0 Å². The molecule has 0 saturated heterocycles. The molecule has 0 aliphatic heterocycles. The molecule has 0 bridgehead atoms. The van der Waals surface area contributed by atoms with Crippen LogP contribution in [0.15, 0.2) is 449 Å². The largest absolute Gasteiger partial charge is 0.278 e. The number of benzene rings is 26. The molecule has 12 heteroatoms. The quantitative estimate of drug-likeness (QED) is 0.0917. The molecule has 650 valence electrons. The van der Waals surface area contributed by atoms with Gasteiger partial charge in [-0.2, -0.15) is 29.9 Å². The molecule has 32 aromatic rings. The molecule has 0 aliphatic rings. The Hall–Kier alpha value is -19.2. The van der Waals surface area contributed by atoms with Crippen LogP contribution >= 0.6 is 0 Å². The molecule has 0 atom stereocenters. The van der Waals surface area contributed by atoms with E-state index in [2.05, 4.69) is 378 Å². The highest BCUT2D eigenvalue weighted by Crippen LogP contribution is 2.55. The maximum Gasteiger partial charge on any atom is 0.238 e. The Morgan fingerprint density at radius 2 is 0.291 bits per heavy atom. The molecule has 0 radical (unpaired) electrons. The summed E-state index contributed by atoms with van der Waals surface area (Å²) in [5, 5.41) is 38.4. The molecule has 141 heavy (non-hydrogen) atoms. The van der Waals surface area contributed by atoms with Crippen molar-refractivity contribution in [2.45, 2.75) is 0 Å². The van der Waals surface area contributed by atoms with Gasteiger partial charge in [0, 0.05) is 81.9 Å². The average Bonchev–Trinajstić information content (AvgIpc) is 1.55. The van der Waals surface area contributed by atoms with Crippen LogP contribution in [0.3, 0.4) is 0 Å². The van der Waals surface area contributed by atoms with E-state index >= 15 is 0 Å². The lowest BCUT2D eigenvalue weighted by Gasteiger charge is -2.16. The van der Waals surface area contributed by atoms with Crippen LogP contribution in [-0.4, -0.2) is 58.6 Å². The number of aromatic nitrogens is 12. The molecule has 0 amide bonds. The van der Waals surface area contributed by atoms with Gasteiger partial charge < -0.3 is 0 Å². The van der Waals surface area contributed by atoms with Gasteiger partial charge in [-0.05, 0) is 178 Å². The summed E-state index contributed by atoms with van der Waals surface area (Å²) in [6, 6.07) is 159. The highest BCUT2D eigenvalue weighted by molar-refractivity contribution is 6.48. The molecular formula is C129H74N12. The van der Waals surface area contributed by atoms with Crippen molar-refractivity contribution >= 4 is 195 Å². The Kier molecular flexibility index (Phi) is 17.0. The fourth-order valence-electron chi connectivity index (χ4n) is 23.3. The smallest absolute Gasteiger partial charge is 0.238 e. The van der Waals surface area contributed by atoms with Crippen molar-refractivity contribution in [2.24, 2.45) is 0 Å². The lowest BCUT2D eigenvalue weighted by atomic mass is 9.86. The van der Waals surface area contributed by atoms with Crippen molar-refractivity contribution in [3.05, 3.63) is 449 Å². The minimum Gasteiger partial charge on any atom is -0.278 e. The molecule has 0 saturated carbocycles. The number of hydrogen-bond donors (Lipinski definition) is 0. The van der Waals surface area contributed by atoms with Crippen LogP contribution in [0, 0.1) is 0 Å². The fraction of sp³-hybridized carbons (Fsp3) is 0. The summed E-state index contributed by atoms with van der Waals surface area (Å²) >= 11 is 0. The van der Waals surface area contributed by atoms with Crippen LogP contribution in [0.4, 0.5) is 0 Å². The van der Waals surface area contributed by atoms with Gasteiger partial charge in [0.2, 0.25) is 17.8 Å². The van der Waals surface area contributed by atoms with E-state index in [9.17, 15) is 0 Å². The lowest BCUT2D eigenvalue weighted by Crippen LogP contribution is -2.06. The second kappa shape index (κ2) is 30.7. The standard InChI is InChI=1S/2C45H26N4.C39H22N4/c1-3-12-27(13-4-1)29-16-9-17-30(26-29)44-46-43(28-14-5-2-6-15-28)47-45(48-44)49-37-23-11-22-35-34-21-10-20-33-31-18-7-8-19-32(31)36-24-25-38(49)42(40(35)37)41(36)39(33)34;1-3-11-27(12-4-1)28-21-23-30(24-22-28)44-46-43(29-13-5-2-6-14-29)47-45(48-44)49-37-20-10-19-35-34-18-9-17-33-31-15-7-8-16-32(31)36-25-26-38(49)42(40(35)37)41(36)39(33)34;1-3-11-23(12-4-1)37-40-38(24-13-5-2-6-14-24)42-39(41-37)43-31-20-10-19-29-28-18-9-17-27-25-15-7-8-16-26(25)30-21-22-32(43)36(34(29)31)35(30)33(27)28/h2*1-26H;1-22H. The zero-order valence-electron chi connectivity index (χ0n) is 75.6. The van der Waals surface area contributed by atoms with E-state index in [4.69, 9.17) is 44.9 Å². The number of nitrogens with zero attached hydrogens (tertiary/aromatic N) is 12. The van der Waals surface area contributed by atoms with E-state index in [1.54, 1.807) is 0 Å². The van der Waals surface area contributed by atoms with E-state index in [1.807, 2.05) is 84.9 Å². The topological polar surface area (TPSA) is 131 Å². The van der Waals surface area contributed by atoms with E-state index in [-0.39, 0.29) is 0 Å². The molecule has 6 aromatic heterocycles. The minimum atomic E-state index is 0.605. The maximum atomic E-state index is 5.27. The van der Waals surface area contributed by atoms with E-state index < -0.39 is 0 Å². The number of fused-ring (bicyclic) bond motifs is 12. The van der Waals surface area contributed by atoms with Gasteiger partial charge in [-0.25, -0.2) is 15.0 Å². The van der Waals surface area contributed by atoms with Gasteiger partial charge in [0.15, 0.2) is 34.9 Å². The summed E-state index contributed by atoms with van der Waals surface area (Å²) in [6.07, 6.45) is 0. The molecule has 0 unspecified atom stereocenters. The predicted molar refractivity (Wildman–Crippen MR) is 583 cm³/mol. The first-order chi connectivity index (χ1) is 70.0. The summed E-state index contributed by atoms with van der Waals surface area (Å²) in [4.78, 5) is 46.3. The third-order valence-corrected chi connectivity index (χ3v) is 29.3. The zero-order valence-corrected chi connectivity index (χ0v) is 75.6. The van der Waals surface area contributed by atoms with Gasteiger partial charge in [0.25, 0.3) is 0 Å². The van der Waals surface area contributed by atoms with Crippen molar-refractivity contribution in [2.75, 3.05) is 0 Å². The number of hydrogen-bond acceptors (Lipinski definition) is 9. The van der Waals surface area contributed by atoms with Gasteiger partial charge in [-0.1, -0.05) is 406 Å². The highest BCUT2D eigenvalue weighted by Gasteiger charge is 2.31. The summed E-state index contributed by atoms with van der Waals surface area (Å²) in [5.41, 5.74) is 16.9. The van der Waals surface area contributed by atoms with E-state index in [0.717, 1.165) is 83.2 Å². The van der Waals surface area contributed by atoms with Crippen LogP contribution in [-0.2, 0) is 0 Å². The second-order valence-electron chi connectivity index (χ2n) is 36.8. The molecule has 0 fully saturated rings. The first kappa shape index (κ1) is 78.2. The average molecular weight is 1790 g/mol. The summed E-state index contributed by atoms with van der Waals surface area (Å²) in [6.45, 7) is 0. The van der Waals surface area contributed by atoms with Crippen molar-refractivity contribution < 1.29 is 0 Å². The third kappa shape index (κ3) is 11.8. The van der Waals surface area contributed by atoms with Crippen molar-refractivity contribution in [3.8, 4) is 108 Å². The van der Waals surface area contributed by atoms with Crippen LogP contribution in [0.2, 0.25) is 0 Å². The van der Waals surface area contributed by atoms with E-state index in [0.29, 0.717) is 52.8 Å². The van der Waals surface area contributed by atoms with Gasteiger partial charge in [0.05, 0.1) is 33.1 Å². The van der Waals surface area contributed by atoms with Crippen LogP contribution in [0.1, 0.15) is 0 Å². The van der Waals surface area contributed by atoms with Gasteiger partial charge in [-0.3, -0.25) is 13.7 Å². The normalized spacial score (nSPS) is 12.1. The Balaban J connectivity index is 0.0000000994. The minimum absolute atomic E-state index is 0.605. The summed E-state index contributed by atoms with van der Waals surface area (Å²) < 4.78 is 6.73. The van der Waals surface area contributed by atoms with Crippen molar-refractivity contribution in [1.82, 2.24) is 58.6 Å². The van der Waals surface area contributed by atoms with Crippen molar-refractivity contribution in [1.29, 1.82) is 0 Å². The molecule has 26 aromatic carbocycles. The molecular weight excluding hydrogens is 1720 g/mol. The molecule has 32 rings (SSSR count). The molecule has 0 N–H and O–H groups in total. The first-order valence-corrected chi connectivity index (χ1v) is 47.8. The van der Waals surface area contributed by atoms with Gasteiger partial charge in [0.1, 0.15) is 0 Å². The van der Waals surface area contributed by atoms with E-state index in [1.165, 1.54) is 167 Å². The monoisotopic (exact) mass is 1790 g/mol. The molecule has 0 spiro atoms. The SMILES string of the molecule is c1ccc(-c2ccc(-c3nc(-c4ccccc4)nc(-n4c5cccc6c7cccc8c9ccccc9c9ccc4c(c9c87)c65)n3)cc2)cc1.c1ccc(-c2cccc(-c3nc(-c4ccccc4)nc(-n4c5cccc6c7cccc8c9ccccc9c9ccc4c(c9c87)c65)n3)c2)cc1.c1ccc(-c2nc(-c3ccccc3)nc(-n3c4cccc5c6cccc7c8ccccc8c8ccc3c(c8c76)c54)n2)cc1. The Morgan fingerprint density at radius 1 is 0.106 bits per heavy atom. The van der Waals surface area contributed by atoms with Crippen molar-refractivity contribution in [3.63, 3.8) is 0 Å². The number of rotatable bonds is 11. The highest BCUT2D eigenvalue weighted by atomic mass is 15.2. The Labute approximate surface area is 805 Å². The Bertz CT molecular complexity index is 10600. The summed E-state index contributed by atoms with van der Waals surface area (Å²) in [5.74, 6) is 5.71. The fourth-order valence-corrected chi connectivity index (χ4v) is 23.3. The molecule has 6 heterocycles. The predicted octanol–water partition coefficient (Wildman–Crippen LogP) is 32.7. The first-order valence-electron chi connectivity index (χ1n) is 47.8. The lowest BCUT2D eigenvalue weighted by molar-refractivity contribution is 0.953. The molecule has 12 nitrogen and oxygen atoms in total. The van der Waals surface area contributed by atoms with Crippen LogP contribution in [0.25, 0.3) is 303 Å². The second-order valence-corrected chi connectivity index (χ2v) is 36.8. The zero-order chi connectivity index (χ0) is 92.2. The summed E-state index contributed by atoms with van der Waals surface area (Å²) in [7, 11) is 0. The van der Waals surface area contributed by atoms with Crippen LogP contribution < -0.4 is 0 Å². The maximum absolute atomic E-state index is 5.27. The Morgan fingerprint density at radius 3 is 0.589 bits per heavy atom.